The summed E-state index contributed by atoms with van der Waals surface area (Å²) in [5, 5.41) is 0. The van der Waals surface area contributed by atoms with E-state index in [1.54, 1.807) is 14.2 Å². The first-order chi connectivity index (χ1) is 14.0. The van der Waals surface area contributed by atoms with Crippen LogP contribution in [0.3, 0.4) is 0 Å². The van der Waals surface area contributed by atoms with Crippen molar-refractivity contribution in [3.05, 3.63) is 59.7 Å². The van der Waals surface area contributed by atoms with E-state index in [-0.39, 0.29) is 5.60 Å². The average Bonchev–Trinajstić information content (AvgIpc) is 2.73. The van der Waals surface area contributed by atoms with E-state index in [1.807, 2.05) is 36.5 Å². The summed E-state index contributed by atoms with van der Waals surface area (Å²) in [4.78, 5) is 4.71. The van der Waals surface area contributed by atoms with E-state index in [4.69, 9.17) is 19.2 Å². The number of methoxy groups -OCH3 is 2. The Morgan fingerprint density at radius 1 is 1.10 bits per heavy atom. The predicted octanol–water partition coefficient (Wildman–Crippen LogP) is 5.50. The molecule has 2 aromatic rings. The van der Waals surface area contributed by atoms with E-state index in [1.165, 1.54) is 5.56 Å². The number of ether oxygens (including phenoxy) is 3. The molecule has 0 amide bonds. The summed E-state index contributed by atoms with van der Waals surface area (Å²) in [6.07, 6.45) is 5.08. The molecule has 1 saturated heterocycles. The number of benzene rings is 2. The van der Waals surface area contributed by atoms with Gasteiger partial charge in [-0.15, -0.1) is 0 Å². The van der Waals surface area contributed by atoms with Gasteiger partial charge in [0.1, 0.15) is 11.5 Å². The fourth-order valence-corrected chi connectivity index (χ4v) is 4.31. The molecular weight excluding hydrogens is 362 g/mol. The molecule has 0 bridgehead atoms. The van der Waals surface area contributed by atoms with Crippen LogP contribution < -0.4 is 9.47 Å². The first kappa shape index (κ1) is 21.4. The molecule has 1 heterocycles. The van der Waals surface area contributed by atoms with Crippen LogP contribution >= 0.6 is 0 Å². The van der Waals surface area contributed by atoms with Crippen molar-refractivity contribution in [1.29, 1.82) is 0 Å². The molecule has 0 saturated carbocycles. The summed E-state index contributed by atoms with van der Waals surface area (Å²) in [6.45, 7) is 5.99. The number of aliphatic imine (C=N–C) groups is 1. The van der Waals surface area contributed by atoms with Crippen molar-refractivity contribution in [3.8, 4) is 11.5 Å². The second kappa shape index (κ2) is 9.93. The minimum absolute atomic E-state index is 0.0739. The Morgan fingerprint density at radius 3 is 2.55 bits per heavy atom. The number of nitrogens with zero attached hydrogens (tertiary/aromatic N) is 1. The molecule has 0 N–H and O–H groups in total. The van der Waals surface area contributed by atoms with Crippen LogP contribution in [0.15, 0.2) is 53.5 Å². The predicted molar refractivity (Wildman–Crippen MR) is 119 cm³/mol. The largest absolute Gasteiger partial charge is 0.497 e. The highest BCUT2D eigenvalue weighted by molar-refractivity contribution is 5.79. The van der Waals surface area contributed by atoms with E-state index in [2.05, 4.69) is 32.0 Å². The van der Waals surface area contributed by atoms with Crippen LogP contribution in [0.5, 0.6) is 11.5 Å². The van der Waals surface area contributed by atoms with Crippen LogP contribution in [0.1, 0.15) is 50.2 Å². The number of rotatable bonds is 8. The Balaban J connectivity index is 1.73. The van der Waals surface area contributed by atoms with Crippen molar-refractivity contribution in [2.24, 2.45) is 10.9 Å². The van der Waals surface area contributed by atoms with Gasteiger partial charge in [-0.05, 0) is 86.4 Å². The fraction of sp³-hybridized carbons (Fsp3) is 0.480. The molecule has 1 aliphatic rings. The summed E-state index contributed by atoms with van der Waals surface area (Å²) >= 11 is 0. The van der Waals surface area contributed by atoms with Gasteiger partial charge >= 0.3 is 0 Å². The smallest absolute Gasteiger partial charge is 0.122 e. The van der Waals surface area contributed by atoms with Crippen molar-refractivity contribution < 1.29 is 14.2 Å². The van der Waals surface area contributed by atoms with Crippen LogP contribution in [-0.4, -0.2) is 39.2 Å². The third-order valence-corrected chi connectivity index (χ3v) is 5.77. The number of para-hydroxylation sites is 1. The minimum Gasteiger partial charge on any atom is -0.497 e. The van der Waals surface area contributed by atoms with E-state index < -0.39 is 0 Å². The van der Waals surface area contributed by atoms with Crippen LogP contribution in [0, 0.1) is 5.92 Å². The lowest BCUT2D eigenvalue weighted by Crippen LogP contribution is -2.36. The van der Waals surface area contributed by atoms with Gasteiger partial charge in [0.25, 0.3) is 0 Å². The third kappa shape index (κ3) is 5.83. The van der Waals surface area contributed by atoms with Gasteiger partial charge in [0, 0.05) is 19.4 Å². The van der Waals surface area contributed by atoms with Gasteiger partial charge in [0.05, 0.1) is 19.8 Å². The van der Waals surface area contributed by atoms with Crippen LogP contribution in [-0.2, 0) is 4.74 Å². The first-order valence-electron chi connectivity index (χ1n) is 10.4. The van der Waals surface area contributed by atoms with Gasteiger partial charge in [-0.25, -0.2) is 0 Å². The monoisotopic (exact) mass is 395 g/mol. The standard InChI is InChI=1S/C25H33NO3/c1-25(2)17-20(14-16-29-25)22(23-7-5-6-8-24(23)28-4)13-15-26-18-19-9-11-21(27-3)12-10-19/h5-12,18,20,22H,13-17H2,1-4H3/t20-,22-/m1/s1. The van der Waals surface area contributed by atoms with Gasteiger partial charge in [0.2, 0.25) is 0 Å². The maximum atomic E-state index is 5.97. The van der Waals surface area contributed by atoms with E-state index >= 15 is 0 Å². The molecule has 1 fully saturated rings. The van der Waals surface area contributed by atoms with Gasteiger partial charge in [-0.3, -0.25) is 4.99 Å². The van der Waals surface area contributed by atoms with Crippen LogP contribution in [0.2, 0.25) is 0 Å². The summed E-state index contributed by atoms with van der Waals surface area (Å²) in [5.74, 6) is 2.80. The summed E-state index contributed by atoms with van der Waals surface area (Å²) in [6, 6.07) is 16.4. The fourth-order valence-electron chi connectivity index (χ4n) is 4.31. The third-order valence-electron chi connectivity index (χ3n) is 5.77. The second-order valence-electron chi connectivity index (χ2n) is 8.31. The van der Waals surface area contributed by atoms with E-state index in [0.717, 1.165) is 49.5 Å². The van der Waals surface area contributed by atoms with Crippen molar-refractivity contribution in [1.82, 2.24) is 0 Å². The lowest BCUT2D eigenvalue weighted by molar-refractivity contribution is -0.0771. The molecule has 1 aliphatic heterocycles. The zero-order valence-electron chi connectivity index (χ0n) is 18.1. The Bertz CT molecular complexity index is 798. The first-order valence-corrected chi connectivity index (χ1v) is 10.4. The molecule has 4 heteroatoms. The number of hydrogen-bond acceptors (Lipinski definition) is 4. The van der Waals surface area contributed by atoms with Gasteiger partial charge in [-0.1, -0.05) is 18.2 Å². The van der Waals surface area contributed by atoms with Crippen molar-refractivity contribution in [2.45, 2.75) is 44.6 Å². The highest BCUT2D eigenvalue weighted by Gasteiger charge is 2.34. The Hall–Kier alpha value is -2.33. The molecule has 29 heavy (non-hydrogen) atoms. The Morgan fingerprint density at radius 2 is 1.86 bits per heavy atom. The molecule has 156 valence electrons. The Labute approximate surface area is 174 Å². The lowest BCUT2D eigenvalue weighted by Gasteiger charge is -2.39. The molecule has 2 aromatic carbocycles. The molecular formula is C25H33NO3. The van der Waals surface area contributed by atoms with Crippen LogP contribution in [0.4, 0.5) is 0 Å². The molecule has 0 radical (unpaired) electrons. The highest BCUT2D eigenvalue weighted by Crippen LogP contribution is 2.42. The SMILES string of the molecule is COc1ccc(C=NCC[C@@H](c2ccccc2OC)[C@@H]2CCOC(C)(C)C2)cc1. The molecule has 0 aliphatic carbocycles. The summed E-state index contributed by atoms with van der Waals surface area (Å²) in [7, 11) is 3.43. The van der Waals surface area contributed by atoms with E-state index in [9.17, 15) is 0 Å². The maximum Gasteiger partial charge on any atom is 0.122 e. The molecule has 0 aromatic heterocycles. The minimum atomic E-state index is -0.0739. The van der Waals surface area contributed by atoms with Crippen molar-refractivity contribution in [2.75, 3.05) is 27.4 Å². The molecule has 0 unspecified atom stereocenters. The zero-order valence-corrected chi connectivity index (χ0v) is 18.1. The van der Waals surface area contributed by atoms with Crippen molar-refractivity contribution >= 4 is 6.21 Å². The maximum absolute atomic E-state index is 5.97. The van der Waals surface area contributed by atoms with Gasteiger partial charge in [0.15, 0.2) is 0 Å². The average molecular weight is 396 g/mol. The molecule has 2 atom stereocenters. The van der Waals surface area contributed by atoms with Crippen LogP contribution in [0.25, 0.3) is 0 Å². The second-order valence-corrected chi connectivity index (χ2v) is 8.31. The molecule has 4 nitrogen and oxygen atoms in total. The van der Waals surface area contributed by atoms with Gasteiger partial charge < -0.3 is 14.2 Å². The summed E-state index contributed by atoms with van der Waals surface area (Å²) < 4.78 is 16.9. The van der Waals surface area contributed by atoms with Crippen molar-refractivity contribution in [3.63, 3.8) is 0 Å². The zero-order chi connectivity index (χ0) is 20.7. The number of hydrogen-bond donors (Lipinski definition) is 0. The summed E-state index contributed by atoms with van der Waals surface area (Å²) in [5.41, 5.74) is 2.31. The molecule has 0 spiro atoms. The topological polar surface area (TPSA) is 40.0 Å². The van der Waals surface area contributed by atoms with Gasteiger partial charge in [-0.2, -0.15) is 0 Å². The van der Waals surface area contributed by atoms with E-state index in [0.29, 0.717) is 11.8 Å². The Kier molecular flexibility index (Phi) is 7.32. The lowest BCUT2D eigenvalue weighted by atomic mass is 9.75. The molecule has 3 rings (SSSR count). The normalized spacial score (nSPS) is 19.8. The quantitative estimate of drug-likeness (QED) is 0.554. The highest BCUT2D eigenvalue weighted by atomic mass is 16.5.